The molecule has 1 aromatic rings. The highest BCUT2D eigenvalue weighted by Crippen LogP contribution is 2.15. The predicted molar refractivity (Wildman–Crippen MR) is 80.1 cm³/mol. The van der Waals surface area contributed by atoms with Gasteiger partial charge in [0.2, 0.25) is 15.9 Å². The molecule has 0 aliphatic rings. The van der Waals surface area contributed by atoms with Crippen LogP contribution in [0.5, 0.6) is 0 Å². The Bertz CT molecular complexity index is 565. The van der Waals surface area contributed by atoms with Crippen molar-refractivity contribution in [2.45, 2.75) is 31.8 Å². The average molecular weight is 314 g/mol. The number of rotatable bonds is 7. The Morgan fingerprint density at radius 1 is 1.19 bits per heavy atom. The van der Waals surface area contributed by atoms with E-state index in [9.17, 15) is 18.3 Å². The minimum atomic E-state index is -3.73. The zero-order valence-corrected chi connectivity index (χ0v) is 13.3. The lowest BCUT2D eigenvalue weighted by atomic mass is 10.1. The normalized spacial score (nSPS) is 13.2. The van der Waals surface area contributed by atoms with Gasteiger partial charge in [0, 0.05) is 6.54 Å². The van der Waals surface area contributed by atoms with Crippen molar-refractivity contribution in [1.82, 2.24) is 10.0 Å². The molecule has 0 heterocycles. The summed E-state index contributed by atoms with van der Waals surface area (Å²) in [5.74, 6) is -0.0635. The van der Waals surface area contributed by atoms with Crippen LogP contribution in [0.4, 0.5) is 0 Å². The first kappa shape index (κ1) is 17.6. The first-order valence-electron chi connectivity index (χ1n) is 6.76. The number of aliphatic hydroxyl groups excluding tert-OH is 1. The van der Waals surface area contributed by atoms with E-state index in [1.165, 1.54) is 24.3 Å². The van der Waals surface area contributed by atoms with Gasteiger partial charge in [0.15, 0.2) is 0 Å². The second-order valence-corrected chi connectivity index (χ2v) is 7.03. The maximum Gasteiger partial charge on any atom is 0.241 e. The van der Waals surface area contributed by atoms with E-state index in [4.69, 9.17) is 0 Å². The van der Waals surface area contributed by atoms with Crippen LogP contribution in [0.3, 0.4) is 0 Å². The molecule has 1 rings (SSSR count). The molecule has 0 aliphatic carbocycles. The van der Waals surface area contributed by atoms with Gasteiger partial charge in [-0.15, -0.1) is 0 Å². The van der Waals surface area contributed by atoms with Crippen molar-refractivity contribution >= 4 is 15.9 Å². The highest BCUT2D eigenvalue weighted by atomic mass is 32.2. The van der Waals surface area contributed by atoms with Crippen LogP contribution in [-0.2, 0) is 14.8 Å². The van der Waals surface area contributed by atoms with Crippen LogP contribution in [0.2, 0.25) is 0 Å². The standard InChI is InChI=1S/C14H22N2O4S/c1-10(2)8-15-14(18)9-16-21(19,20)13-6-4-12(5-7-13)11(3)17/h4-7,10-11,16-17H,8-9H2,1-3H3,(H,15,18). The van der Waals surface area contributed by atoms with Crippen LogP contribution < -0.4 is 10.0 Å². The Labute approximate surface area is 125 Å². The van der Waals surface area contributed by atoms with E-state index in [2.05, 4.69) is 10.0 Å². The fourth-order valence-corrected chi connectivity index (χ4v) is 2.53. The van der Waals surface area contributed by atoms with Crippen molar-refractivity contribution in [1.29, 1.82) is 0 Å². The molecule has 1 atom stereocenters. The van der Waals surface area contributed by atoms with Crippen LogP contribution >= 0.6 is 0 Å². The summed E-state index contributed by atoms with van der Waals surface area (Å²) in [4.78, 5) is 11.6. The van der Waals surface area contributed by atoms with E-state index < -0.39 is 16.1 Å². The molecular formula is C14H22N2O4S. The third kappa shape index (κ3) is 5.82. The fraction of sp³-hybridized carbons (Fsp3) is 0.500. The van der Waals surface area contributed by atoms with Crippen molar-refractivity contribution in [3.8, 4) is 0 Å². The van der Waals surface area contributed by atoms with Crippen LogP contribution in [0.25, 0.3) is 0 Å². The molecule has 6 nitrogen and oxygen atoms in total. The highest BCUT2D eigenvalue weighted by molar-refractivity contribution is 7.89. The summed E-state index contributed by atoms with van der Waals surface area (Å²) in [6.07, 6.45) is -0.656. The molecule has 0 saturated heterocycles. The summed E-state index contributed by atoms with van der Waals surface area (Å²) >= 11 is 0. The molecule has 0 bridgehead atoms. The van der Waals surface area contributed by atoms with Crippen molar-refractivity contribution in [2.24, 2.45) is 5.92 Å². The van der Waals surface area contributed by atoms with Gasteiger partial charge < -0.3 is 10.4 Å². The zero-order valence-electron chi connectivity index (χ0n) is 12.5. The summed E-state index contributed by atoms with van der Waals surface area (Å²) in [7, 11) is -3.73. The first-order chi connectivity index (χ1) is 9.72. The lowest BCUT2D eigenvalue weighted by Crippen LogP contribution is -2.38. The van der Waals surface area contributed by atoms with Gasteiger partial charge in [-0.25, -0.2) is 13.1 Å². The molecule has 0 spiro atoms. The van der Waals surface area contributed by atoms with Crippen molar-refractivity contribution in [3.63, 3.8) is 0 Å². The molecule has 7 heteroatoms. The molecule has 0 radical (unpaired) electrons. The van der Waals surface area contributed by atoms with Crippen LogP contribution in [-0.4, -0.2) is 32.5 Å². The van der Waals surface area contributed by atoms with Gasteiger partial charge >= 0.3 is 0 Å². The summed E-state index contributed by atoms with van der Waals surface area (Å²) in [5, 5.41) is 12.0. The Hall–Kier alpha value is -1.44. The number of carbonyl (C=O) groups is 1. The largest absolute Gasteiger partial charge is 0.389 e. The van der Waals surface area contributed by atoms with Crippen molar-refractivity contribution in [2.75, 3.05) is 13.1 Å². The summed E-state index contributed by atoms with van der Waals surface area (Å²) in [5.41, 5.74) is 0.628. The van der Waals surface area contributed by atoms with Crippen LogP contribution in [0, 0.1) is 5.92 Å². The molecule has 1 aromatic carbocycles. The highest BCUT2D eigenvalue weighted by Gasteiger charge is 2.15. The number of hydrogen-bond donors (Lipinski definition) is 3. The van der Waals surface area contributed by atoms with Crippen LogP contribution in [0.1, 0.15) is 32.4 Å². The predicted octanol–water partition coefficient (Wildman–Crippen LogP) is 0.790. The van der Waals surface area contributed by atoms with Crippen molar-refractivity contribution < 1.29 is 18.3 Å². The Morgan fingerprint density at radius 2 is 1.76 bits per heavy atom. The van der Waals surface area contributed by atoms with E-state index >= 15 is 0 Å². The Kier molecular flexibility index (Phi) is 6.32. The van der Waals surface area contributed by atoms with E-state index in [-0.39, 0.29) is 17.3 Å². The summed E-state index contributed by atoms with van der Waals surface area (Å²) < 4.78 is 26.2. The molecule has 1 unspecified atom stereocenters. The maximum absolute atomic E-state index is 12.0. The molecule has 0 aliphatic heterocycles. The van der Waals surface area contributed by atoms with E-state index in [1.807, 2.05) is 13.8 Å². The second-order valence-electron chi connectivity index (χ2n) is 5.27. The van der Waals surface area contributed by atoms with Gasteiger partial charge in [-0.2, -0.15) is 0 Å². The third-order valence-corrected chi connectivity index (χ3v) is 4.22. The number of benzene rings is 1. The Morgan fingerprint density at radius 3 is 2.24 bits per heavy atom. The number of sulfonamides is 1. The smallest absolute Gasteiger partial charge is 0.241 e. The van der Waals surface area contributed by atoms with E-state index in [0.29, 0.717) is 18.0 Å². The summed E-state index contributed by atoms with van der Waals surface area (Å²) in [6.45, 7) is 5.71. The number of hydrogen-bond acceptors (Lipinski definition) is 4. The lowest BCUT2D eigenvalue weighted by molar-refractivity contribution is -0.120. The lowest BCUT2D eigenvalue weighted by Gasteiger charge is -2.10. The van der Waals surface area contributed by atoms with Gasteiger partial charge in [-0.3, -0.25) is 4.79 Å². The minimum absolute atomic E-state index is 0.0589. The van der Waals surface area contributed by atoms with Gasteiger partial charge in [-0.05, 0) is 30.5 Å². The molecule has 1 amide bonds. The number of aliphatic hydroxyl groups is 1. The Balaban J connectivity index is 2.63. The molecule has 118 valence electrons. The SMILES string of the molecule is CC(C)CNC(=O)CNS(=O)(=O)c1ccc(C(C)O)cc1. The van der Waals surface area contributed by atoms with Gasteiger partial charge in [0.05, 0.1) is 17.5 Å². The molecule has 3 N–H and O–H groups in total. The average Bonchev–Trinajstić information content (AvgIpc) is 2.43. The molecule has 0 aromatic heterocycles. The quantitative estimate of drug-likeness (QED) is 0.693. The second kappa shape index (κ2) is 7.53. The van der Waals surface area contributed by atoms with E-state index in [1.54, 1.807) is 6.92 Å². The first-order valence-corrected chi connectivity index (χ1v) is 8.25. The molecule has 21 heavy (non-hydrogen) atoms. The van der Waals surface area contributed by atoms with E-state index in [0.717, 1.165) is 0 Å². The van der Waals surface area contributed by atoms with Gasteiger partial charge in [-0.1, -0.05) is 26.0 Å². The zero-order chi connectivity index (χ0) is 16.0. The molecule has 0 fully saturated rings. The minimum Gasteiger partial charge on any atom is -0.389 e. The molecular weight excluding hydrogens is 292 g/mol. The monoisotopic (exact) mass is 314 g/mol. The van der Waals surface area contributed by atoms with Gasteiger partial charge in [0.1, 0.15) is 0 Å². The maximum atomic E-state index is 12.0. The van der Waals surface area contributed by atoms with Crippen LogP contribution in [0.15, 0.2) is 29.2 Å². The van der Waals surface area contributed by atoms with Gasteiger partial charge in [0.25, 0.3) is 0 Å². The molecule has 0 saturated carbocycles. The topological polar surface area (TPSA) is 95.5 Å². The fourth-order valence-electron chi connectivity index (χ4n) is 1.55. The van der Waals surface area contributed by atoms with Crippen molar-refractivity contribution in [3.05, 3.63) is 29.8 Å². The number of nitrogens with one attached hydrogen (secondary N) is 2. The number of carbonyl (C=O) groups excluding carboxylic acids is 1. The number of amides is 1. The third-order valence-electron chi connectivity index (χ3n) is 2.80. The summed E-state index contributed by atoms with van der Waals surface area (Å²) in [6, 6.07) is 5.88.